The van der Waals surface area contributed by atoms with Gasteiger partial charge in [-0.05, 0) is 39.3 Å². The number of halogens is 2. The predicted octanol–water partition coefficient (Wildman–Crippen LogP) is 4.11. The number of anilines is 1. The second kappa shape index (κ2) is 9.05. The van der Waals surface area contributed by atoms with Gasteiger partial charge in [0.2, 0.25) is 5.91 Å². The van der Waals surface area contributed by atoms with Crippen LogP contribution in [-0.2, 0) is 9.53 Å². The molecule has 27 heavy (non-hydrogen) atoms. The molecule has 1 aromatic heterocycles. The third-order valence-electron chi connectivity index (χ3n) is 4.12. The van der Waals surface area contributed by atoms with E-state index in [0.29, 0.717) is 10.6 Å². The average molecular weight is 396 g/mol. The lowest BCUT2D eigenvalue weighted by atomic mass is 10.1. The number of ether oxygens (including phenoxy) is 1. The van der Waals surface area contributed by atoms with Crippen molar-refractivity contribution < 1.29 is 23.1 Å². The van der Waals surface area contributed by atoms with E-state index in [1.54, 1.807) is 20.8 Å². The van der Waals surface area contributed by atoms with Crippen molar-refractivity contribution in [3.8, 4) is 0 Å². The quantitative estimate of drug-likeness (QED) is 0.691. The number of carbonyl (C=O) groups is 2. The number of esters is 1. The van der Waals surface area contributed by atoms with E-state index < -0.39 is 23.6 Å². The molecule has 1 heterocycles. The van der Waals surface area contributed by atoms with Gasteiger partial charge in [-0.25, -0.2) is 13.6 Å². The van der Waals surface area contributed by atoms with Crippen LogP contribution in [0.1, 0.15) is 46.3 Å². The van der Waals surface area contributed by atoms with Crippen LogP contribution >= 0.6 is 11.3 Å². The van der Waals surface area contributed by atoms with E-state index in [0.717, 1.165) is 16.5 Å². The molecule has 0 aliphatic heterocycles. The summed E-state index contributed by atoms with van der Waals surface area (Å²) in [5.74, 6) is -2.19. The zero-order valence-corrected chi connectivity index (χ0v) is 16.4. The van der Waals surface area contributed by atoms with Gasteiger partial charge < -0.3 is 15.4 Å². The van der Waals surface area contributed by atoms with Gasteiger partial charge in [-0.3, -0.25) is 4.79 Å². The van der Waals surface area contributed by atoms with Gasteiger partial charge in [-0.15, -0.1) is 11.3 Å². The highest BCUT2D eigenvalue weighted by molar-refractivity contribution is 7.16. The van der Waals surface area contributed by atoms with Crippen molar-refractivity contribution in [1.29, 1.82) is 0 Å². The average Bonchev–Trinajstić information content (AvgIpc) is 2.86. The zero-order chi connectivity index (χ0) is 20.1. The molecular weight excluding hydrogens is 374 g/mol. The van der Waals surface area contributed by atoms with E-state index in [-0.39, 0.29) is 24.6 Å². The smallest absolute Gasteiger partial charge is 0.341 e. The summed E-state index contributed by atoms with van der Waals surface area (Å²) in [5.41, 5.74) is 1.38. The third-order valence-corrected chi connectivity index (χ3v) is 5.24. The number of hydrogen-bond donors (Lipinski definition) is 2. The summed E-state index contributed by atoms with van der Waals surface area (Å²) in [4.78, 5) is 25.3. The number of rotatable bonds is 7. The van der Waals surface area contributed by atoms with Gasteiger partial charge in [0.15, 0.2) is 0 Å². The zero-order valence-electron chi connectivity index (χ0n) is 15.6. The van der Waals surface area contributed by atoms with Gasteiger partial charge in [-0.2, -0.15) is 0 Å². The first-order chi connectivity index (χ1) is 12.7. The van der Waals surface area contributed by atoms with Crippen LogP contribution in [0.25, 0.3) is 0 Å². The molecule has 0 saturated carbocycles. The largest absolute Gasteiger partial charge is 0.462 e. The Labute approximate surface area is 160 Å². The van der Waals surface area contributed by atoms with E-state index in [4.69, 9.17) is 4.74 Å². The van der Waals surface area contributed by atoms with Gasteiger partial charge in [0.1, 0.15) is 16.6 Å². The van der Waals surface area contributed by atoms with Crippen molar-refractivity contribution in [3.05, 3.63) is 51.4 Å². The van der Waals surface area contributed by atoms with E-state index in [1.165, 1.54) is 23.5 Å². The fraction of sp³-hybridized carbons (Fsp3) is 0.368. The molecule has 0 aliphatic rings. The lowest BCUT2D eigenvalue weighted by molar-refractivity contribution is -0.115. The number of benzene rings is 1. The summed E-state index contributed by atoms with van der Waals surface area (Å²) in [6.07, 6.45) is 0. The van der Waals surface area contributed by atoms with Crippen LogP contribution in [0, 0.1) is 25.5 Å². The lowest BCUT2D eigenvalue weighted by Gasteiger charge is -2.15. The Bertz CT molecular complexity index is 852. The maximum atomic E-state index is 13.8. The summed E-state index contributed by atoms with van der Waals surface area (Å²) >= 11 is 1.30. The van der Waals surface area contributed by atoms with Crippen molar-refractivity contribution in [1.82, 2.24) is 5.32 Å². The molecule has 1 aromatic carbocycles. The summed E-state index contributed by atoms with van der Waals surface area (Å²) in [6.45, 7) is 7.18. The molecule has 0 fully saturated rings. The number of aryl methyl sites for hydroxylation is 1. The third kappa shape index (κ3) is 5.11. The standard InChI is InChI=1S/C19H22F2N2O3S/c1-5-26-19(25)17-10(2)12(4)27-18(17)23-16(24)9-22-11(3)14-7-6-13(20)8-15(14)21/h6-8,11,22H,5,9H2,1-4H3,(H,23,24)/t11-/m0/s1. The normalized spacial score (nSPS) is 11.9. The lowest BCUT2D eigenvalue weighted by Crippen LogP contribution is -2.30. The molecule has 0 radical (unpaired) electrons. The number of hydrogen-bond acceptors (Lipinski definition) is 5. The molecule has 1 atom stereocenters. The summed E-state index contributed by atoms with van der Waals surface area (Å²) in [6, 6.07) is 2.81. The monoisotopic (exact) mass is 396 g/mol. The molecule has 2 N–H and O–H groups in total. The molecule has 1 amide bonds. The first kappa shape index (κ1) is 21.0. The van der Waals surface area contributed by atoms with Crippen LogP contribution in [0.4, 0.5) is 13.8 Å². The summed E-state index contributed by atoms with van der Waals surface area (Å²) in [7, 11) is 0. The first-order valence-electron chi connectivity index (χ1n) is 8.49. The van der Waals surface area contributed by atoms with Crippen LogP contribution < -0.4 is 10.6 Å². The molecule has 0 saturated heterocycles. The van der Waals surface area contributed by atoms with Crippen LogP contribution in [0.15, 0.2) is 18.2 Å². The molecule has 2 rings (SSSR count). The predicted molar refractivity (Wildman–Crippen MR) is 101 cm³/mol. The van der Waals surface area contributed by atoms with Crippen molar-refractivity contribution >= 4 is 28.2 Å². The molecule has 0 spiro atoms. The minimum atomic E-state index is -0.676. The summed E-state index contributed by atoms with van der Waals surface area (Å²) in [5, 5.41) is 6.02. The molecular formula is C19H22F2N2O3S. The van der Waals surface area contributed by atoms with Gasteiger partial charge in [0, 0.05) is 22.5 Å². The fourth-order valence-electron chi connectivity index (χ4n) is 2.54. The van der Waals surface area contributed by atoms with Crippen LogP contribution in [0.5, 0.6) is 0 Å². The fourth-order valence-corrected chi connectivity index (χ4v) is 3.61. The second-order valence-electron chi connectivity index (χ2n) is 6.02. The second-order valence-corrected chi connectivity index (χ2v) is 7.25. The van der Waals surface area contributed by atoms with Gasteiger partial charge >= 0.3 is 5.97 Å². The van der Waals surface area contributed by atoms with Gasteiger partial charge in [-0.1, -0.05) is 6.07 Å². The topological polar surface area (TPSA) is 67.4 Å². The maximum Gasteiger partial charge on any atom is 0.341 e. The highest BCUT2D eigenvalue weighted by Crippen LogP contribution is 2.33. The number of amides is 1. The molecule has 0 bridgehead atoms. The van der Waals surface area contributed by atoms with Crippen molar-refractivity contribution in [3.63, 3.8) is 0 Å². The number of nitrogens with one attached hydrogen (secondary N) is 2. The van der Waals surface area contributed by atoms with E-state index >= 15 is 0 Å². The molecule has 0 unspecified atom stereocenters. The van der Waals surface area contributed by atoms with Crippen molar-refractivity contribution in [2.45, 2.75) is 33.7 Å². The Balaban J connectivity index is 2.04. The first-order valence-corrected chi connectivity index (χ1v) is 9.31. The maximum absolute atomic E-state index is 13.8. The highest BCUT2D eigenvalue weighted by Gasteiger charge is 2.22. The van der Waals surface area contributed by atoms with E-state index in [1.807, 2.05) is 6.92 Å². The molecule has 0 aliphatic carbocycles. The van der Waals surface area contributed by atoms with Crippen molar-refractivity contribution in [2.24, 2.45) is 0 Å². The minimum absolute atomic E-state index is 0.101. The number of thiophene rings is 1. The molecule has 146 valence electrons. The van der Waals surface area contributed by atoms with E-state index in [9.17, 15) is 18.4 Å². The Morgan fingerprint density at radius 3 is 2.59 bits per heavy atom. The SMILES string of the molecule is CCOC(=O)c1c(NC(=O)CN[C@@H](C)c2ccc(F)cc2F)sc(C)c1C. The van der Waals surface area contributed by atoms with Crippen LogP contribution in [-0.4, -0.2) is 25.0 Å². The van der Waals surface area contributed by atoms with Crippen LogP contribution in [0.3, 0.4) is 0 Å². The van der Waals surface area contributed by atoms with E-state index in [2.05, 4.69) is 10.6 Å². The molecule has 8 heteroatoms. The Morgan fingerprint density at radius 1 is 1.26 bits per heavy atom. The summed E-state index contributed by atoms with van der Waals surface area (Å²) < 4.78 is 31.9. The van der Waals surface area contributed by atoms with Gasteiger partial charge in [0.05, 0.1) is 18.7 Å². The minimum Gasteiger partial charge on any atom is -0.462 e. The molecule has 5 nitrogen and oxygen atoms in total. The van der Waals surface area contributed by atoms with Crippen molar-refractivity contribution in [2.75, 3.05) is 18.5 Å². The Hall–Kier alpha value is -2.32. The Kier molecular flexibility index (Phi) is 7.04. The molecule has 2 aromatic rings. The highest BCUT2D eigenvalue weighted by atomic mass is 32.1. The van der Waals surface area contributed by atoms with Crippen LogP contribution in [0.2, 0.25) is 0 Å². The van der Waals surface area contributed by atoms with Gasteiger partial charge in [0.25, 0.3) is 0 Å². The Morgan fingerprint density at radius 2 is 1.96 bits per heavy atom. The number of carbonyl (C=O) groups excluding carboxylic acids is 2.